The summed E-state index contributed by atoms with van der Waals surface area (Å²) in [6.07, 6.45) is 4.71. The van der Waals surface area contributed by atoms with Crippen molar-refractivity contribution in [3.63, 3.8) is 0 Å². The molecular formula is C18H21N7O2. The van der Waals surface area contributed by atoms with Gasteiger partial charge in [0.2, 0.25) is 0 Å². The fourth-order valence-electron chi connectivity index (χ4n) is 2.86. The van der Waals surface area contributed by atoms with Gasteiger partial charge >= 0.3 is 0 Å². The molecule has 0 aliphatic heterocycles. The van der Waals surface area contributed by atoms with Crippen LogP contribution < -0.4 is 5.32 Å². The van der Waals surface area contributed by atoms with Gasteiger partial charge in [0.15, 0.2) is 11.3 Å². The lowest BCUT2D eigenvalue weighted by molar-refractivity contribution is 0.0892. The molecule has 1 aliphatic carbocycles. The average molecular weight is 367 g/mol. The summed E-state index contributed by atoms with van der Waals surface area (Å²) in [5.41, 5.74) is 3.51. The summed E-state index contributed by atoms with van der Waals surface area (Å²) in [5.74, 6) is -0.371. The molecule has 140 valence electrons. The van der Waals surface area contributed by atoms with Gasteiger partial charge in [0.1, 0.15) is 5.52 Å². The van der Waals surface area contributed by atoms with E-state index in [-0.39, 0.29) is 18.1 Å². The Kier molecular flexibility index (Phi) is 4.11. The van der Waals surface area contributed by atoms with Crippen LogP contribution in [0.1, 0.15) is 46.1 Å². The van der Waals surface area contributed by atoms with E-state index in [9.17, 15) is 9.90 Å². The quantitative estimate of drug-likeness (QED) is 0.686. The molecule has 0 spiro atoms. The predicted octanol–water partition coefficient (Wildman–Crippen LogP) is 0.845. The molecule has 3 aromatic rings. The number of aliphatic hydroxyl groups is 1. The second-order valence-electron chi connectivity index (χ2n) is 7.14. The summed E-state index contributed by atoms with van der Waals surface area (Å²) in [4.78, 5) is 30.3. The third-order valence-corrected chi connectivity index (χ3v) is 4.65. The van der Waals surface area contributed by atoms with E-state index in [0.29, 0.717) is 30.6 Å². The number of fused-ring (bicyclic) bond motifs is 1. The minimum Gasteiger partial charge on any atom is -0.388 e. The molecule has 27 heavy (non-hydrogen) atoms. The van der Waals surface area contributed by atoms with Crippen LogP contribution in [0.4, 0.5) is 0 Å². The molecule has 4 rings (SSSR count). The minimum absolute atomic E-state index is 0.194. The number of carbonyl (C=O) groups is 1. The average Bonchev–Trinajstić information content (AvgIpc) is 3.26. The summed E-state index contributed by atoms with van der Waals surface area (Å²) < 4.78 is 1.63. The number of rotatable bonds is 5. The number of amides is 1. The molecule has 2 N–H and O–H groups in total. The summed E-state index contributed by atoms with van der Waals surface area (Å²) in [7, 11) is 0. The molecule has 3 heterocycles. The van der Waals surface area contributed by atoms with Crippen LogP contribution >= 0.6 is 0 Å². The SMILES string of the molecule is Cc1cnc(Cn2nc(C(=O)NCC3(O)CC3)c3ncc(C)nc32)c(C)n1. The van der Waals surface area contributed by atoms with Gasteiger partial charge in [-0.3, -0.25) is 14.8 Å². The second kappa shape index (κ2) is 6.34. The fourth-order valence-corrected chi connectivity index (χ4v) is 2.86. The number of carbonyl (C=O) groups excluding carboxylic acids is 1. The zero-order valence-electron chi connectivity index (χ0n) is 15.5. The van der Waals surface area contributed by atoms with Gasteiger partial charge in [0.25, 0.3) is 5.91 Å². The van der Waals surface area contributed by atoms with Gasteiger partial charge < -0.3 is 10.4 Å². The molecule has 1 saturated carbocycles. The maximum absolute atomic E-state index is 12.6. The standard InChI is InChI=1S/C18H21N7O2/c1-10-6-19-13(12(3)22-10)8-25-16-14(20-7-11(2)23-16)15(24-25)17(26)21-9-18(27)4-5-18/h6-7,27H,4-5,8-9H2,1-3H3,(H,21,26). The van der Waals surface area contributed by atoms with Crippen molar-refractivity contribution in [3.8, 4) is 0 Å². The van der Waals surface area contributed by atoms with E-state index in [1.54, 1.807) is 17.1 Å². The Morgan fingerprint density at radius 3 is 2.59 bits per heavy atom. The maximum Gasteiger partial charge on any atom is 0.274 e. The van der Waals surface area contributed by atoms with Gasteiger partial charge in [0.05, 0.1) is 34.9 Å². The number of aryl methyl sites for hydroxylation is 3. The molecule has 9 heteroatoms. The first-order chi connectivity index (χ1) is 12.8. The van der Waals surface area contributed by atoms with Crippen LogP contribution in [0.5, 0.6) is 0 Å². The van der Waals surface area contributed by atoms with Crippen LogP contribution in [0.25, 0.3) is 11.2 Å². The first-order valence-electron chi connectivity index (χ1n) is 8.84. The van der Waals surface area contributed by atoms with Gasteiger partial charge in [0, 0.05) is 18.9 Å². The summed E-state index contributed by atoms with van der Waals surface area (Å²) in [6, 6.07) is 0. The van der Waals surface area contributed by atoms with Crippen molar-refractivity contribution >= 4 is 17.1 Å². The molecule has 0 bridgehead atoms. The van der Waals surface area contributed by atoms with Crippen LogP contribution in [-0.4, -0.2) is 52.9 Å². The Balaban J connectivity index is 1.69. The molecule has 3 aromatic heterocycles. The van der Waals surface area contributed by atoms with Crippen molar-refractivity contribution in [2.75, 3.05) is 6.54 Å². The van der Waals surface area contributed by atoms with E-state index >= 15 is 0 Å². The maximum atomic E-state index is 12.6. The van der Waals surface area contributed by atoms with E-state index < -0.39 is 5.60 Å². The first-order valence-corrected chi connectivity index (χ1v) is 8.84. The highest BCUT2D eigenvalue weighted by molar-refractivity contribution is 6.02. The Labute approximate surface area is 155 Å². The van der Waals surface area contributed by atoms with E-state index in [4.69, 9.17) is 0 Å². The molecule has 0 radical (unpaired) electrons. The highest BCUT2D eigenvalue weighted by Gasteiger charge is 2.40. The monoisotopic (exact) mass is 367 g/mol. The smallest absolute Gasteiger partial charge is 0.274 e. The Bertz CT molecular complexity index is 1040. The summed E-state index contributed by atoms with van der Waals surface area (Å²) >= 11 is 0. The van der Waals surface area contributed by atoms with E-state index in [0.717, 1.165) is 22.8 Å². The van der Waals surface area contributed by atoms with Crippen molar-refractivity contribution in [1.29, 1.82) is 0 Å². The molecular weight excluding hydrogens is 346 g/mol. The third-order valence-electron chi connectivity index (χ3n) is 4.65. The van der Waals surface area contributed by atoms with E-state index in [1.807, 2.05) is 20.8 Å². The lowest BCUT2D eigenvalue weighted by Crippen LogP contribution is -2.33. The molecule has 0 unspecified atom stereocenters. The van der Waals surface area contributed by atoms with Crippen LogP contribution in [-0.2, 0) is 6.54 Å². The lowest BCUT2D eigenvalue weighted by Gasteiger charge is -2.08. The number of nitrogens with zero attached hydrogens (tertiary/aromatic N) is 6. The first kappa shape index (κ1) is 17.5. The predicted molar refractivity (Wildman–Crippen MR) is 97.2 cm³/mol. The zero-order valence-corrected chi connectivity index (χ0v) is 15.5. The van der Waals surface area contributed by atoms with Crippen LogP contribution in [0.3, 0.4) is 0 Å². The molecule has 1 amide bonds. The van der Waals surface area contributed by atoms with Crippen molar-refractivity contribution in [2.24, 2.45) is 0 Å². The number of nitrogens with one attached hydrogen (secondary N) is 1. The Morgan fingerprint density at radius 2 is 1.89 bits per heavy atom. The van der Waals surface area contributed by atoms with E-state index in [1.165, 1.54) is 0 Å². The largest absolute Gasteiger partial charge is 0.388 e. The molecule has 1 fully saturated rings. The normalized spacial score (nSPS) is 15.1. The highest BCUT2D eigenvalue weighted by Crippen LogP contribution is 2.34. The van der Waals surface area contributed by atoms with Crippen molar-refractivity contribution < 1.29 is 9.90 Å². The van der Waals surface area contributed by atoms with Crippen LogP contribution in [0.15, 0.2) is 12.4 Å². The van der Waals surface area contributed by atoms with Gasteiger partial charge in [-0.05, 0) is 33.6 Å². The minimum atomic E-state index is -0.773. The van der Waals surface area contributed by atoms with Crippen molar-refractivity contribution in [2.45, 2.75) is 45.8 Å². The summed E-state index contributed by atoms with van der Waals surface area (Å²) in [5, 5.41) is 17.1. The van der Waals surface area contributed by atoms with E-state index in [2.05, 4.69) is 30.4 Å². The van der Waals surface area contributed by atoms with Gasteiger partial charge in [-0.25, -0.2) is 14.6 Å². The Morgan fingerprint density at radius 1 is 1.19 bits per heavy atom. The van der Waals surface area contributed by atoms with Gasteiger partial charge in [-0.1, -0.05) is 0 Å². The molecule has 9 nitrogen and oxygen atoms in total. The van der Waals surface area contributed by atoms with Gasteiger partial charge in [-0.15, -0.1) is 0 Å². The second-order valence-corrected chi connectivity index (χ2v) is 7.14. The molecule has 0 atom stereocenters. The Hall–Kier alpha value is -2.94. The zero-order chi connectivity index (χ0) is 19.2. The van der Waals surface area contributed by atoms with Crippen molar-refractivity contribution in [3.05, 3.63) is 40.9 Å². The molecule has 0 saturated heterocycles. The number of hydrogen-bond donors (Lipinski definition) is 2. The topological polar surface area (TPSA) is 119 Å². The van der Waals surface area contributed by atoms with Gasteiger partial charge in [-0.2, -0.15) is 5.10 Å². The van der Waals surface area contributed by atoms with Crippen molar-refractivity contribution in [1.82, 2.24) is 35.0 Å². The van der Waals surface area contributed by atoms with Crippen LogP contribution in [0, 0.1) is 20.8 Å². The third kappa shape index (κ3) is 3.50. The highest BCUT2D eigenvalue weighted by atomic mass is 16.3. The summed E-state index contributed by atoms with van der Waals surface area (Å²) in [6.45, 7) is 6.16. The fraction of sp³-hybridized carbons (Fsp3) is 0.444. The number of aromatic nitrogens is 6. The lowest BCUT2D eigenvalue weighted by atomic mass is 10.3. The van der Waals surface area contributed by atoms with Crippen LogP contribution in [0.2, 0.25) is 0 Å². The molecule has 0 aromatic carbocycles. The molecule has 1 aliphatic rings. The number of hydrogen-bond acceptors (Lipinski definition) is 7.